The van der Waals surface area contributed by atoms with Crippen LogP contribution in [-0.4, -0.2) is 26.5 Å². The Hall–Kier alpha value is -1.85. The van der Waals surface area contributed by atoms with E-state index >= 15 is 0 Å². The van der Waals surface area contributed by atoms with Crippen molar-refractivity contribution in [3.8, 4) is 0 Å². The summed E-state index contributed by atoms with van der Waals surface area (Å²) >= 11 is 0. The largest absolute Gasteiger partial charge is 0.374 e. The number of aliphatic hydroxyl groups excluding tert-OH is 1. The van der Waals surface area contributed by atoms with Crippen molar-refractivity contribution in [1.29, 1.82) is 0 Å². The first-order valence-electron chi connectivity index (χ1n) is 8.91. The second kappa shape index (κ2) is 5.90. The van der Waals surface area contributed by atoms with Crippen LogP contribution in [0.5, 0.6) is 0 Å². The van der Waals surface area contributed by atoms with Crippen LogP contribution in [0.25, 0.3) is 21.9 Å². The molecule has 0 saturated heterocycles. The summed E-state index contributed by atoms with van der Waals surface area (Å²) in [7, 11) is 3.74. The Balaban J connectivity index is 1.90. The first kappa shape index (κ1) is 15.7. The van der Waals surface area contributed by atoms with Crippen LogP contribution in [0.1, 0.15) is 50.4 Å². The molecule has 1 aliphatic carbocycles. The molecule has 5 nitrogen and oxygen atoms in total. The Kier molecular flexibility index (Phi) is 3.85. The van der Waals surface area contributed by atoms with Crippen LogP contribution in [0.2, 0.25) is 0 Å². The molecule has 2 aromatic heterocycles. The Morgan fingerprint density at radius 2 is 1.96 bits per heavy atom. The van der Waals surface area contributed by atoms with Crippen LogP contribution in [0.3, 0.4) is 0 Å². The van der Waals surface area contributed by atoms with Crippen LogP contribution in [0, 0.1) is 5.92 Å². The molecule has 1 unspecified atom stereocenters. The number of fused-ring (bicyclic) bond motifs is 3. The second-order valence-electron chi connectivity index (χ2n) is 7.29. The molecule has 5 heteroatoms. The van der Waals surface area contributed by atoms with Crippen LogP contribution in [-0.2, 0) is 7.05 Å². The monoisotopic (exact) mass is 326 g/mol. The van der Waals surface area contributed by atoms with E-state index in [0.717, 1.165) is 22.4 Å². The zero-order valence-electron chi connectivity index (χ0n) is 14.7. The summed E-state index contributed by atoms with van der Waals surface area (Å²) in [6, 6.07) is 6.79. The van der Waals surface area contributed by atoms with Gasteiger partial charge in [-0.3, -0.25) is 10.00 Å². The number of nitrogens with zero attached hydrogens (tertiary/aromatic N) is 3. The summed E-state index contributed by atoms with van der Waals surface area (Å²) in [6.45, 7) is 2.36. The first-order chi connectivity index (χ1) is 11.6. The first-order valence-corrected chi connectivity index (χ1v) is 8.91. The third-order valence-electron chi connectivity index (χ3n) is 5.54. The molecule has 0 amide bonds. The minimum atomic E-state index is -0.646. The van der Waals surface area contributed by atoms with Gasteiger partial charge < -0.3 is 9.67 Å². The highest BCUT2D eigenvalue weighted by Gasteiger charge is 2.25. The van der Waals surface area contributed by atoms with Gasteiger partial charge in [0.05, 0.1) is 11.0 Å². The summed E-state index contributed by atoms with van der Waals surface area (Å²) in [5.41, 5.74) is 4.37. The Bertz CT molecular complexity index is 870. The van der Waals surface area contributed by atoms with Crippen LogP contribution in [0.15, 0.2) is 24.4 Å². The quantitative estimate of drug-likeness (QED) is 0.725. The molecule has 24 heavy (non-hydrogen) atoms. The molecule has 3 aromatic rings. The van der Waals surface area contributed by atoms with Gasteiger partial charge in [0.2, 0.25) is 0 Å². The van der Waals surface area contributed by atoms with E-state index < -0.39 is 6.23 Å². The second-order valence-corrected chi connectivity index (χ2v) is 7.29. The highest BCUT2D eigenvalue weighted by molar-refractivity contribution is 6.06. The molecule has 1 aliphatic rings. The lowest BCUT2D eigenvalue weighted by Gasteiger charge is -2.28. The molecule has 1 fully saturated rings. The predicted octanol–water partition coefficient (Wildman–Crippen LogP) is 3.49. The molecule has 0 spiro atoms. The Labute approximate surface area is 142 Å². The molecule has 2 N–H and O–H groups in total. The molecule has 0 radical (unpaired) electrons. The molecule has 1 saturated carbocycles. The van der Waals surface area contributed by atoms with Crippen LogP contribution in [0.4, 0.5) is 0 Å². The third-order valence-corrected chi connectivity index (χ3v) is 5.54. The van der Waals surface area contributed by atoms with Crippen molar-refractivity contribution >= 4 is 21.9 Å². The van der Waals surface area contributed by atoms with E-state index in [2.05, 4.69) is 35.1 Å². The number of hydrogen-bond acceptors (Lipinski definition) is 3. The van der Waals surface area contributed by atoms with Gasteiger partial charge in [-0.2, -0.15) is 5.10 Å². The number of hydrogen-bond donors (Lipinski definition) is 2. The summed E-state index contributed by atoms with van der Waals surface area (Å²) in [5, 5.41) is 18.8. The van der Waals surface area contributed by atoms with Crippen LogP contribution >= 0.6 is 0 Å². The summed E-state index contributed by atoms with van der Waals surface area (Å²) < 4.78 is 4.38. The fourth-order valence-corrected chi connectivity index (χ4v) is 4.16. The van der Waals surface area contributed by atoms with E-state index in [1.165, 1.54) is 36.7 Å². The lowest BCUT2D eigenvalue weighted by atomic mass is 9.87. The average Bonchev–Trinajstić information content (AvgIpc) is 3.09. The van der Waals surface area contributed by atoms with Gasteiger partial charge in [-0.05, 0) is 56.3 Å². The van der Waals surface area contributed by atoms with Gasteiger partial charge in [-0.1, -0.05) is 13.0 Å². The van der Waals surface area contributed by atoms with E-state index in [9.17, 15) is 5.11 Å². The third kappa shape index (κ3) is 2.43. The van der Waals surface area contributed by atoms with E-state index in [1.807, 2.05) is 17.8 Å². The highest BCUT2D eigenvalue weighted by Crippen LogP contribution is 2.39. The topological polar surface area (TPSA) is 55.0 Å². The normalized spacial score (nSPS) is 23.2. The number of aryl methyl sites for hydroxylation is 1. The van der Waals surface area contributed by atoms with Gasteiger partial charge in [0.1, 0.15) is 11.7 Å². The van der Waals surface area contributed by atoms with Gasteiger partial charge in [0, 0.05) is 24.7 Å². The summed E-state index contributed by atoms with van der Waals surface area (Å²) in [4.78, 5) is 0. The average molecular weight is 326 g/mol. The zero-order valence-corrected chi connectivity index (χ0v) is 14.7. The van der Waals surface area contributed by atoms with Crippen LogP contribution < -0.4 is 5.32 Å². The maximum Gasteiger partial charge on any atom is 0.130 e. The van der Waals surface area contributed by atoms with Crippen molar-refractivity contribution in [2.75, 3.05) is 7.05 Å². The van der Waals surface area contributed by atoms with E-state index in [-0.39, 0.29) is 0 Å². The van der Waals surface area contributed by atoms with Crippen molar-refractivity contribution < 1.29 is 5.11 Å². The van der Waals surface area contributed by atoms with Gasteiger partial charge >= 0.3 is 0 Å². The van der Waals surface area contributed by atoms with Crippen molar-refractivity contribution in [2.24, 2.45) is 13.0 Å². The zero-order chi connectivity index (χ0) is 16.8. The number of aliphatic hydroxyl groups is 1. The fourth-order valence-electron chi connectivity index (χ4n) is 4.16. The molecule has 2 heterocycles. The smallest absolute Gasteiger partial charge is 0.130 e. The van der Waals surface area contributed by atoms with Gasteiger partial charge in [-0.15, -0.1) is 0 Å². The lowest BCUT2D eigenvalue weighted by molar-refractivity contribution is 0.149. The predicted molar refractivity (Wildman–Crippen MR) is 96.9 cm³/mol. The maximum absolute atomic E-state index is 10.1. The Morgan fingerprint density at radius 3 is 2.67 bits per heavy atom. The number of rotatable bonds is 3. The Morgan fingerprint density at radius 1 is 1.21 bits per heavy atom. The van der Waals surface area contributed by atoms with E-state index in [0.29, 0.717) is 6.04 Å². The molecule has 1 atom stereocenters. The molecule has 4 rings (SSSR count). The van der Waals surface area contributed by atoms with Crippen molar-refractivity contribution in [3.05, 3.63) is 30.0 Å². The molecule has 0 bridgehead atoms. The van der Waals surface area contributed by atoms with E-state index in [4.69, 9.17) is 5.10 Å². The SMILES string of the molecule is CNC(O)c1ccc2c(c1)c1nn(C)cc1n2[C@H]1CC[C@H](C)CC1. The maximum atomic E-state index is 10.1. The minimum Gasteiger partial charge on any atom is -0.374 e. The minimum absolute atomic E-state index is 0.547. The summed E-state index contributed by atoms with van der Waals surface area (Å²) in [5.74, 6) is 0.838. The number of benzene rings is 1. The van der Waals surface area contributed by atoms with Gasteiger partial charge in [0.25, 0.3) is 0 Å². The molecule has 0 aliphatic heterocycles. The van der Waals surface area contributed by atoms with E-state index in [1.54, 1.807) is 7.05 Å². The van der Waals surface area contributed by atoms with Crippen molar-refractivity contribution in [3.63, 3.8) is 0 Å². The van der Waals surface area contributed by atoms with Crippen molar-refractivity contribution in [1.82, 2.24) is 19.7 Å². The number of nitrogens with one attached hydrogen (secondary N) is 1. The molecular formula is C19H26N4O. The van der Waals surface area contributed by atoms with Gasteiger partial charge in [0.15, 0.2) is 0 Å². The molecule has 1 aromatic carbocycles. The summed E-state index contributed by atoms with van der Waals surface area (Å²) in [6.07, 6.45) is 6.53. The lowest BCUT2D eigenvalue weighted by Crippen LogP contribution is -2.17. The molecule has 128 valence electrons. The standard InChI is InChI=1S/C19H26N4O/c1-12-4-7-14(8-5-12)23-16-9-6-13(19(24)20-2)10-15(16)18-17(23)11-22(3)21-18/h6,9-12,14,19-20,24H,4-5,7-8H2,1-3H3/t12-,14-,19?. The number of aromatic nitrogens is 3. The van der Waals surface area contributed by atoms with Crippen molar-refractivity contribution in [2.45, 2.75) is 44.9 Å². The fraction of sp³-hybridized carbons (Fsp3) is 0.526. The molecular weight excluding hydrogens is 300 g/mol. The highest BCUT2D eigenvalue weighted by atomic mass is 16.3. The van der Waals surface area contributed by atoms with Gasteiger partial charge in [-0.25, -0.2) is 0 Å².